The number of aliphatic hydroxyl groups is 2. The highest BCUT2D eigenvalue weighted by molar-refractivity contribution is 5.81. The zero-order valence-corrected chi connectivity index (χ0v) is 20.3. The van der Waals surface area contributed by atoms with E-state index in [0.29, 0.717) is 34.7 Å². The molecule has 1 aliphatic heterocycles. The summed E-state index contributed by atoms with van der Waals surface area (Å²) in [7, 11) is 0. The van der Waals surface area contributed by atoms with Gasteiger partial charge in [-0.05, 0) is 79.4 Å². The Balaban J connectivity index is 1.32. The Bertz CT molecular complexity index is 1450. The number of aliphatic hydroxyl groups excluding tert-OH is 2. The first-order chi connectivity index (χ1) is 18.0. The summed E-state index contributed by atoms with van der Waals surface area (Å²) in [5, 5.41) is 33.1. The minimum Gasteiger partial charge on any atom is -0.395 e. The number of nitrogens with zero attached hydrogens (tertiary/aromatic N) is 4. The van der Waals surface area contributed by atoms with E-state index in [2.05, 4.69) is 21.3 Å². The van der Waals surface area contributed by atoms with Crippen molar-refractivity contribution in [2.24, 2.45) is 5.92 Å². The second kappa shape index (κ2) is 11.0. The molecule has 1 aliphatic rings. The maximum absolute atomic E-state index is 14.9. The zero-order valence-electron chi connectivity index (χ0n) is 20.3. The van der Waals surface area contributed by atoms with E-state index in [4.69, 9.17) is 15.4 Å². The van der Waals surface area contributed by atoms with Crippen LogP contribution in [0.25, 0.3) is 22.0 Å². The number of rotatable bonds is 7. The smallest absolute Gasteiger partial charge is 0.147 e. The summed E-state index contributed by atoms with van der Waals surface area (Å²) in [6, 6.07) is 19.5. The van der Waals surface area contributed by atoms with Crippen molar-refractivity contribution in [3.05, 3.63) is 83.9 Å². The predicted octanol–water partition coefficient (Wildman–Crippen LogP) is 4.79. The molecule has 0 saturated carbocycles. The number of anilines is 2. The van der Waals surface area contributed by atoms with Gasteiger partial charge in [0, 0.05) is 24.2 Å². The van der Waals surface area contributed by atoms with Gasteiger partial charge in [0.15, 0.2) is 0 Å². The maximum atomic E-state index is 14.9. The molecule has 0 radical (unpaired) electrons. The van der Waals surface area contributed by atoms with Crippen LogP contribution in [0.5, 0.6) is 0 Å². The largest absolute Gasteiger partial charge is 0.395 e. The van der Waals surface area contributed by atoms with Crippen molar-refractivity contribution in [1.29, 1.82) is 5.26 Å². The van der Waals surface area contributed by atoms with E-state index < -0.39 is 11.9 Å². The van der Waals surface area contributed by atoms with Gasteiger partial charge < -0.3 is 20.4 Å². The number of benzene rings is 2. The quantitative estimate of drug-likeness (QED) is 0.337. The third kappa shape index (κ3) is 5.59. The second-order valence-electron chi connectivity index (χ2n) is 9.36. The lowest BCUT2D eigenvalue weighted by atomic mass is 9.89. The lowest BCUT2D eigenvalue weighted by molar-refractivity contribution is 0.0515. The average Bonchev–Trinajstić information content (AvgIpc) is 2.94. The molecule has 0 unspecified atom stereocenters. The molecule has 0 amide bonds. The number of β-amino-alcohol motifs (C(OH)–C–C–N with tert-alkyl or cyclic N) is 1. The summed E-state index contributed by atoms with van der Waals surface area (Å²) >= 11 is 0. The fraction of sp³-hybridized carbons (Fsp3) is 0.276. The zero-order chi connectivity index (χ0) is 25.8. The van der Waals surface area contributed by atoms with E-state index in [1.807, 2.05) is 18.2 Å². The number of nitriles is 1. The Kier molecular flexibility index (Phi) is 7.37. The van der Waals surface area contributed by atoms with Crippen LogP contribution in [0.15, 0.2) is 66.9 Å². The van der Waals surface area contributed by atoms with Crippen LogP contribution in [0.4, 0.5) is 15.9 Å². The molecule has 5 rings (SSSR count). The number of hydrogen-bond acceptors (Lipinski definition) is 7. The lowest BCUT2D eigenvalue weighted by Gasteiger charge is -2.33. The molecule has 1 atom stereocenters. The van der Waals surface area contributed by atoms with Gasteiger partial charge in [-0.2, -0.15) is 5.26 Å². The molecule has 2 aromatic heterocycles. The number of fused-ring (bicyclic) bond motifs is 1. The summed E-state index contributed by atoms with van der Waals surface area (Å²) < 4.78 is 14.9. The molecule has 0 aliphatic carbocycles. The molecule has 2 aromatic carbocycles. The molecule has 3 heterocycles. The van der Waals surface area contributed by atoms with Gasteiger partial charge in [-0.1, -0.05) is 18.2 Å². The molecule has 0 spiro atoms. The highest BCUT2D eigenvalue weighted by Crippen LogP contribution is 2.31. The van der Waals surface area contributed by atoms with E-state index >= 15 is 0 Å². The first-order valence-electron chi connectivity index (χ1n) is 12.4. The van der Waals surface area contributed by atoms with Gasteiger partial charge in [-0.25, -0.2) is 14.4 Å². The van der Waals surface area contributed by atoms with E-state index in [-0.39, 0.29) is 18.2 Å². The van der Waals surface area contributed by atoms with Gasteiger partial charge in [-0.15, -0.1) is 0 Å². The van der Waals surface area contributed by atoms with Crippen LogP contribution in [0.1, 0.15) is 30.2 Å². The highest BCUT2D eigenvalue weighted by atomic mass is 19.1. The summed E-state index contributed by atoms with van der Waals surface area (Å²) in [5.74, 6) is 0.120. The van der Waals surface area contributed by atoms with Crippen LogP contribution in [-0.2, 0) is 0 Å². The second-order valence-corrected chi connectivity index (χ2v) is 9.36. The minimum absolute atomic E-state index is 0.112. The Labute approximate surface area is 214 Å². The third-order valence-electron chi connectivity index (χ3n) is 6.95. The number of piperidine rings is 1. The number of hydrogen-bond donors (Lipinski definition) is 3. The van der Waals surface area contributed by atoms with Crippen molar-refractivity contribution in [2.45, 2.75) is 18.9 Å². The van der Waals surface area contributed by atoms with Crippen LogP contribution in [0, 0.1) is 23.1 Å². The van der Waals surface area contributed by atoms with Crippen molar-refractivity contribution in [1.82, 2.24) is 14.9 Å². The molecule has 0 bridgehead atoms. The molecular formula is C29H28FN5O2. The van der Waals surface area contributed by atoms with Gasteiger partial charge in [0.1, 0.15) is 11.6 Å². The topological polar surface area (TPSA) is 105 Å². The number of pyridine rings is 2. The van der Waals surface area contributed by atoms with Crippen LogP contribution in [-0.4, -0.2) is 51.3 Å². The Morgan fingerprint density at radius 1 is 1.08 bits per heavy atom. The van der Waals surface area contributed by atoms with Crippen LogP contribution < -0.4 is 5.32 Å². The summed E-state index contributed by atoms with van der Waals surface area (Å²) in [4.78, 5) is 11.3. The molecule has 1 fully saturated rings. The number of nitrogens with one attached hydrogen (secondary N) is 1. The maximum Gasteiger partial charge on any atom is 0.147 e. The van der Waals surface area contributed by atoms with Crippen molar-refractivity contribution < 1.29 is 14.6 Å². The van der Waals surface area contributed by atoms with Crippen molar-refractivity contribution in [2.75, 3.05) is 31.6 Å². The average molecular weight is 498 g/mol. The molecule has 7 nitrogen and oxygen atoms in total. The summed E-state index contributed by atoms with van der Waals surface area (Å²) in [6.07, 6.45) is 2.70. The van der Waals surface area contributed by atoms with Crippen LogP contribution in [0.3, 0.4) is 0 Å². The normalized spacial score (nSPS) is 15.4. The monoisotopic (exact) mass is 497 g/mol. The molecule has 37 heavy (non-hydrogen) atoms. The fourth-order valence-corrected chi connectivity index (χ4v) is 4.84. The molecule has 4 aromatic rings. The van der Waals surface area contributed by atoms with E-state index in [9.17, 15) is 9.50 Å². The third-order valence-corrected chi connectivity index (χ3v) is 6.95. The lowest BCUT2D eigenvalue weighted by Crippen LogP contribution is -2.37. The van der Waals surface area contributed by atoms with Gasteiger partial charge in [-0.3, -0.25) is 0 Å². The standard InChI is InChI=1S/C29H28FN5O2/c30-24-15-22(21-3-1-2-19(14-21)17-31)4-6-25(24)34-28-16-27-23(18-32-28)5-7-26(33-27)29(37)20-8-10-35(11-9-20)12-13-36/h1-7,14-16,18,20,29,36-37H,8-13H2,(H,32,34)/t29-/m0/s1. The van der Waals surface area contributed by atoms with Crippen LogP contribution in [0.2, 0.25) is 0 Å². The summed E-state index contributed by atoms with van der Waals surface area (Å²) in [6.45, 7) is 2.51. The highest BCUT2D eigenvalue weighted by Gasteiger charge is 2.27. The van der Waals surface area contributed by atoms with Crippen LogP contribution >= 0.6 is 0 Å². The SMILES string of the molecule is N#Cc1cccc(-c2ccc(Nc3cc4nc([C@@H](O)C5CCN(CCO)CC5)ccc4cn3)c(F)c2)c1. The van der Waals surface area contributed by atoms with E-state index in [0.717, 1.165) is 36.9 Å². The first-order valence-corrected chi connectivity index (χ1v) is 12.4. The Morgan fingerprint density at radius 3 is 2.65 bits per heavy atom. The van der Waals surface area contributed by atoms with Gasteiger partial charge in [0.25, 0.3) is 0 Å². The first kappa shape index (κ1) is 24.8. The molecule has 8 heteroatoms. The molecule has 3 N–H and O–H groups in total. The number of aromatic nitrogens is 2. The Morgan fingerprint density at radius 2 is 1.89 bits per heavy atom. The van der Waals surface area contributed by atoms with Crippen molar-refractivity contribution in [3.8, 4) is 17.2 Å². The van der Waals surface area contributed by atoms with E-state index in [1.54, 1.807) is 42.6 Å². The van der Waals surface area contributed by atoms with Crippen molar-refractivity contribution in [3.63, 3.8) is 0 Å². The molecular weight excluding hydrogens is 469 g/mol. The summed E-state index contributed by atoms with van der Waals surface area (Å²) in [5.41, 5.74) is 3.51. The Hall–Kier alpha value is -3.90. The minimum atomic E-state index is -0.672. The fourth-order valence-electron chi connectivity index (χ4n) is 4.84. The van der Waals surface area contributed by atoms with Gasteiger partial charge >= 0.3 is 0 Å². The number of halogens is 1. The van der Waals surface area contributed by atoms with Crippen molar-refractivity contribution >= 4 is 22.4 Å². The molecule has 188 valence electrons. The van der Waals surface area contributed by atoms with Gasteiger partial charge in [0.05, 0.1) is 41.2 Å². The van der Waals surface area contributed by atoms with E-state index in [1.165, 1.54) is 6.07 Å². The predicted molar refractivity (Wildman–Crippen MR) is 141 cm³/mol. The molecule has 1 saturated heterocycles. The number of likely N-dealkylation sites (tertiary alicyclic amines) is 1. The van der Waals surface area contributed by atoms with Gasteiger partial charge in [0.2, 0.25) is 0 Å².